The Morgan fingerprint density at radius 1 is 1.37 bits per heavy atom. The Balaban J connectivity index is 1.46. The Labute approximate surface area is 167 Å². The lowest BCUT2D eigenvalue weighted by Crippen LogP contribution is -2.39. The van der Waals surface area contributed by atoms with Crippen LogP contribution in [0.5, 0.6) is 0 Å². The molecule has 1 aliphatic heterocycles. The monoisotopic (exact) mass is 401 g/mol. The quantitative estimate of drug-likeness (QED) is 0.635. The molecular weight excluding hydrogens is 382 g/mol. The number of hydrogen-bond acceptors (Lipinski definition) is 5. The van der Waals surface area contributed by atoms with Gasteiger partial charge in [0.1, 0.15) is 10.6 Å². The van der Waals surface area contributed by atoms with Gasteiger partial charge in [0.25, 0.3) is 5.91 Å². The zero-order valence-electron chi connectivity index (χ0n) is 15.0. The van der Waals surface area contributed by atoms with Crippen LogP contribution in [0, 0.1) is 6.92 Å². The lowest BCUT2D eigenvalue weighted by molar-refractivity contribution is 0.0702. The van der Waals surface area contributed by atoms with Gasteiger partial charge in [-0.1, -0.05) is 29.8 Å². The molecule has 0 N–H and O–H groups in total. The van der Waals surface area contributed by atoms with Gasteiger partial charge in [-0.3, -0.25) is 4.79 Å². The maximum Gasteiger partial charge on any atom is 0.265 e. The number of amides is 1. The number of nitrogens with zero attached hydrogens (tertiary/aromatic N) is 3. The van der Waals surface area contributed by atoms with Gasteiger partial charge in [0.15, 0.2) is 5.89 Å². The number of aromatic nitrogens is 2. The normalized spacial score (nSPS) is 17.3. The number of benzene rings is 1. The minimum absolute atomic E-state index is 0.0579. The Morgan fingerprint density at radius 3 is 3.00 bits per heavy atom. The molecule has 0 unspecified atom stereocenters. The van der Waals surface area contributed by atoms with Gasteiger partial charge in [-0.05, 0) is 31.4 Å². The molecule has 5 nitrogen and oxygen atoms in total. The molecule has 1 saturated heterocycles. The van der Waals surface area contributed by atoms with Crippen LogP contribution in [0.1, 0.15) is 51.3 Å². The maximum atomic E-state index is 12.8. The second-order valence-corrected chi connectivity index (χ2v) is 8.05. The van der Waals surface area contributed by atoms with Gasteiger partial charge in [0.05, 0.1) is 23.3 Å². The number of oxazole rings is 1. The summed E-state index contributed by atoms with van der Waals surface area (Å²) in [7, 11) is 0. The lowest BCUT2D eigenvalue weighted by Gasteiger charge is -2.31. The van der Waals surface area contributed by atoms with Crippen LogP contribution in [0.3, 0.4) is 0 Å². The van der Waals surface area contributed by atoms with Crippen LogP contribution in [-0.4, -0.2) is 33.9 Å². The molecule has 2 aromatic heterocycles. The zero-order chi connectivity index (χ0) is 18.8. The van der Waals surface area contributed by atoms with Gasteiger partial charge in [0.2, 0.25) is 0 Å². The van der Waals surface area contributed by atoms with Gasteiger partial charge in [0, 0.05) is 24.5 Å². The number of thiazole rings is 1. The number of carbonyl (C=O) groups is 1. The maximum absolute atomic E-state index is 12.8. The minimum atomic E-state index is 0.0579. The first kappa shape index (κ1) is 18.2. The highest BCUT2D eigenvalue weighted by Gasteiger charge is 2.29. The molecule has 1 amide bonds. The molecule has 27 heavy (non-hydrogen) atoms. The highest BCUT2D eigenvalue weighted by molar-refractivity contribution is 7.11. The number of piperidine rings is 1. The summed E-state index contributed by atoms with van der Waals surface area (Å²) in [4.78, 5) is 24.1. The largest absolute Gasteiger partial charge is 0.445 e. The van der Waals surface area contributed by atoms with Crippen LogP contribution in [0.25, 0.3) is 0 Å². The third-order valence-corrected chi connectivity index (χ3v) is 6.18. The first-order chi connectivity index (χ1) is 13.1. The molecule has 1 atom stereocenters. The second kappa shape index (κ2) is 7.82. The lowest BCUT2D eigenvalue weighted by atomic mass is 9.98. The first-order valence-corrected chi connectivity index (χ1v) is 10.2. The van der Waals surface area contributed by atoms with Crippen molar-refractivity contribution in [2.75, 3.05) is 13.1 Å². The summed E-state index contributed by atoms with van der Waals surface area (Å²) in [5, 5.41) is 0.727. The van der Waals surface area contributed by atoms with E-state index in [4.69, 9.17) is 16.0 Å². The fraction of sp³-hybridized carbons (Fsp3) is 0.350. The number of aryl methyl sites for hydroxylation is 1. The van der Waals surface area contributed by atoms with E-state index in [0.717, 1.165) is 46.3 Å². The summed E-state index contributed by atoms with van der Waals surface area (Å²) >= 11 is 7.64. The molecule has 3 heterocycles. The second-order valence-electron chi connectivity index (χ2n) is 6.79. The number of carbonyl (C=O) groups excluding carboxylic acids is 1. The molecule has 1 fully saturated rings. The van der Waals surface area contributed by atoms with Gasteiger partial charge in [-0.15, -0.1) is 11.3 Å². The van der Waals surface area contributed by atoms with Crippen LogP contribution in [0.4, 0.5) is 0 Å². The van der Waals surface area contributed by atoms with Crippen LogP contribution in [0.15, 0.2) is 40.4 Å². The summed E-state index contributed by atoms with van der Waals surface area (Å²) in [6.45, 7) is 3.27. The molecule has 0 spiro atoms. The van der Waals surface area contributed by atoms with Gasteiger partial charge in [-0.2, -0.15) is 0 Å². The summed E-state index contributed by atoms with van der Waals surface area (Å²) in [6, 6.07) is 7.74. The predicted octanol–water partition coefficient (Wildman–Crippen LogP) is 4.70. The fourth-order valence-electron chi connectivity index (χ4n) is 3.44. The van der Waals surface area contributed by atoms with E-state index in [0.29, 0.717) is 18.9 Å². The van der Waals surface area contributed by atoms with E-state index in [1.54, 1.807) is 11.7 Å². The van der Waals surface area contributed by atoms with E-state index < -0.39 is 0 Å². The summed E-state index contributed by atoms with van der Waals surface area (Å²) < 4.78 is 6.01. The van der Waals surface area contributed by atoms with E-state index in [1.165, 1.54) is 11.3 Å². The average molecular weight is 402 g/mol. The molecule has 1 aromatic carbocycles. The predicted molar refractivity (Wildman–Crippen MR) is 105 cm³/mol. The summed E-state index contributed by atoms with van der Waals surface area (Å²) in [5.41, 5.74) is 3.53. The van der Waals surface area contributed by atoms with Crippen molar-refractivity contribution in [2.45, 2.75) is 32.1 Å². The summed E-state index contributed by atoms with van der Waals surface area (Å²) in [5.74, 6) is 1.67. The molecule has 0 aliphatic carbocycles. The number of halogens is 1. The molecule has 1 aliphatic rings. The number of rotatable bonds is 4. The van der Waals surface area contributed by atoms with Crippen LogP contribution in [-0.2, 0) is 6.42 Å². The number of hydrogen-bond donors (Lipinski definition) is 0. The molecule has 0 saturated carbocycles. The van der Waals surface area contributed by atoms with Gasteiger partial charge in [-0.25, -0.2) is 9.97 Å². The third-order valence-electron chi connectivity index (χ3n) is 4.89. The van der Waals surface area contributed by atoms with Crippen molar-refractivity contribution in [3.8, 4) is 0 Å². The SMILES string of the molecule is Cc1ncsc1C(=O)N1CCC[C@@H](c2ncc(Cc3ccccc3Cl)o2)C1. The molecule has 3 aromatic rings. The van der Waals surface area contributed by atoms with Gasteiger partial charge >= 0.3 is 0 Å². The Hall–Kier alpha value is -2.18. The van der Waals surface area contributed by atoms with Crippen LogP contribution in [0.2, 0.25) is 5.02 Å². The van der Waals surface area contributed by atoms with Gasteiger partial charge < -0.3 is 9.32 Å². The Morgan fingerprint density at radius 2 is 2.22 bits per heavy atom. The van der Waals surface area contributed by atoms with Crippen molar-refractivity contribution >= 4 is 28.8 Å². The van der Waals surface area contributed by atoms with Crippen molar-refractivity contribution in [3.63, 3.8) is 0 Å². The molecule has 0 radical (unpaired) electrons. The number of likely N-dealkylation sites (tertiary alicyclic amines) is 1. The smallest absolute Gasteiger partial charge is 0.265 e. The van der Waals surface area contributed by atoms with Crippen molar-refractivity contribution in [2.24, 2.45) is 0 Å². The van der Waals surface area contributed by atoms with Crippen molar-refractivity contribution in [1.82, 2.24) is 14.9 Å². The van der Waals surface area contributed by atoms with Crippen LogP contribution < -0.4 is 0 Å². The van der Waals surface area contributed by atoms with E-state index in [-0.39, 0.29) is 11.8 Å². The van der Waals surface area contributed by atoms with E-state index in [9.17, 15) is 4.79 Å². The molecule has 140 valence electrons. The zero-order valence-corrected chi connectivity index (χ0v) is 16.6. The summed E-state index contributed by atoms with van der Waals surface area (Å²) in [6.07, 6.45) is 4.29. The molecular formula is C20H20ClN3O2S. The molecule has 7 heteroatoms. The highest BCUT2D eigenvalue weighted by Crippen LogP contribution is 2.29. The topological polar surface area (TPSA) is 59.2 Å². The molecule has 0 bridgehead atoms. The third kappa shape index (κ3) is 3.92. The van der Waals surface area contributed by atoms with Crippen molar-refractivity contribution in [3.05, 3.63) is 68.8 Å². The van der Waals surface area contributed by atoms with Crippen LogP contribution >= 0.6 is 22.9 Å². The first-order valence-electron chi connectivity index (χ1n) is 8.99. The van der Waals surface area contributed by atoms with E-state index in [2.05, 4.69) is 9.97 Å². The van der Waals surface area contributed by atoms with E-state index >= 15 is 0 Å². The minimum Gasteiger partial charge on any atom is -0.445 e. The Bertz CT molecular complexity index is 952. The van der Waals surface area contributed by atoms with Crippen molar-refractivity contribution in [1.29, 1.82) is 0 Å². The highest BCUT2D eigenvalue weighted by atomic mass is 35.5. The Kier molecular flexibility index (Phi) is 5.27. The van der Waals surface area contributed by atoms with E-state index in [1.807, 2.05) is 36.1 Å². The average Bonchev–Trinajstić information content (AvgIpc) is 3.32. The fourth-order valence-corrected chi connectivity index (χ4v) is 4.41. The standard InChI is InChI=1S/C20H20ClN3O2S/c1-13-18(27-12-23-13)20(25)24-8-4-6-15(11-24)19-22-10-16(26-19)9-14-5-2-3-7-17(14)21/h2-3,5,7,10,12,15H,4,6,8-9,11H2,1H3/t15-/m1/s1. The molecule has 4 rings (SSSR count). The van der Waals surface area contributed by atoms with Crippen molar-refractivity contribution < 1.29 is 9.21 Å².